The molecule has 1 amide bonds. The fourth-order valence-corrected chi connectivity index (χ4v) is 2.83. The zero-order chi connectivity index (χ0) is 21.3. The van der Waals surface area contributed by atoms with Crippen LogP contribution in [0.2, 0.25) is 5.02 Å². The maximum atomic E-state index is 12.8. The maximum Gasteiger partial charge on any atom is 0.331 e. The summed E-state index contributed by atoms with van der Waals surface area (Å²) >= 11 is 6.03. The van der Waals surface area contributed by atoms with E-state index >= 15 is 0 Å². The van der Waals surface area contributed by atoms with Crippen molar-refractivity contribution < 1.29 is 19.1 Å². The van der Waals surface area contributed by atoms with Crippen LogP contribution in [0, 0.1) is 0 Å². The second-order valence-corrected chi connectivity index (χ2v) is 6.72. The van der Waals surface area contributed by atoms with Crippen molar-refractivity contribution in [3.63, 3.8) is 0 Å². The normalized spacial score (nSPS) is 10.6. The molecule has 0 spiro atoms. The molecular formula is C24H18ClNO4. The number of ketones is 1. The molecule has 0 saturated carbocycles. The van der Waals surface area contributed by atoms with Crippen molar-refractivity contribution in [2.45, 2.75) is 0 Å². The van der Waals surface area contributed by atoms with E-state index in [0.717, 1.165) is 5.56 Å². The number of hydrogen-bond acceptors (Lipinski definition) is 4. The number of carbonyl (C=O) groups excluding carboxylic acids is 3. The molecule has 0 atom stereocenters. The van der Waals surface area contributed by atoms with Gasteiger partial charge in [0, 0.05) is 22.2 Å². The molecule has 0 saturated heterocycles. The number of anilines is 1. The third-order valence-electron chi connectivity index (χ3n) is 4.09. The predicted octanol–water partition coefficient (Wildman–Crippen LogP) is 4.77. The highest BCUT2D eigenvalue weighted by Gasteiger charge is 2.16. The van der Waals surface area contributed by atoms with E-state index in [1.54, 1.807) is 42.5 Å². The summed E-state index contributed by atoms with van der Waals surface area (Å²) < 4.78 is 4.96. The Hall–Kier alpha value is -3.70. The van der Waals surface area contributed by atoms with E-state index in [1.807, 2.05) is 30.3 Å². The van der Waals surface area contributed by atoms with Crippen LogP contribution in [0.25, 0.3) is 6.08 Å². The molecule has 0 heterocycles. The first kappa shape index (κ1) is 21.0. The number of ether oxygens (including phenoxy) is 1. The minimum Gasteiger partial charge on any atom is -0.452 e. The van der Waals surface area contributed by atoms with Crippen LogP contribution in [0.1, 0.15) is 21.5 Å². The molecule has 0 aliphatic rings. The van der Waals surface area contributed by atoms with Gasteiger partial charge in [0.1, 0.15) is 0 Å². The molecule has 6 heteroatoms. The number of amides is 1. The van der Waals surface area contributed by atoms with Crippen molar-refractivity contribution in [3.05, 3.63) is 107 Å². The second-order valence-electron chi connectivity index (χ2n) is 6.28. The molecule has 0 fully saturated rings. The Morgan fingerprint density at radius 2 is 1.57 bits per heavy atom. The smallest absolute Gasteiger partial charge is 0.331 e. The summed E-state index contributed by atoms with van der Waals surface area (Å²) in [5.74, 6) is -1.50. The number of hydrogen-bond donors (Lipinski definition) is 1. The molecular weight excluding hydrogens is 402 g/mol. The van der Waals surface area contributed by atoms with Crippen LogP contribution in [0.3, 0.4) is 0 Å². The molecule has 0 unspecified atom stereocenters. The van der Waals surface area contributed by atoms with E-state index in [2.05, 4.69) is 5.32 Å². The van der Waals surface area contributed by atoms with Crippen LogP contribution in [0.4, 0.5) is 5.69 Å². The average Bonchev–Trinajstić information content (AvgIpc) is 2.78. The molecule has 30 heavy (non-hydrogen) atoms. The average molecular weight is 420 g/mol. The lowest BCUT2D eigenvalue weighted by atomic mass is 10.0. The highest BCUT2D eigenvalue weighted by molar-refractivity contribution is 6.31. The van der Waals surface area contributed by atoms with Gasteiger partial charge < -0.3 is 10.1 Å². The number of esters is 1. The van der Waals surface area contributed by atoms with Gasteiger partial charge in [0.2, 0.25) is 0 Å². The van der Waals surface area contributed by atoms with Gasteiger partial charge in [-0.05, 0) is 29.8 Å². The number of halogens is 1. The van der Waals surface area contributed by atoms with E-state index in [4.69, 9.17) is 16.3 Å². The largest absolute Gasteiger partial charge is 0.452 e. The first-order chi connectivity index (χ1) is 14.5. The van der Waals surface area contributed by atoms with Gasteiger partial charge in [0.05, 0.1) is 5.69 Å². The van der Waals surface area contributed by atoms with Crippen LogP contribution in [-0.2, 0) is 14.3 Å². The van der Waals surface area contributed by atoms with Crippen molar-refractivity contribution in [2.24, 2.45) is 0 Å². The van der Waals surface area contributed by atoms with Gasteiger partial charge in [0.25, 0.3) is 5.91 Å². The lowest BCUT2D eigenvalue weighted by molar-refractivity contribution is -0.142. The van der Waals surface area contributed by atoms with Gasteiger partial charge in [-0.15, -0.1) is 0 Å². The minimum atomic E-state index is -0.648. The van der Waals surface area contributed by atoms with Gasteiger partial charge >= 0.3 is 5.97 Å². The summed E-state index contributed by atoms with van der Waals surface area (Å²) in [5, 5.41) is 2.96. The summed E-state index contributed by atoms with van der Waals surface area (Å²) in [6.07, 6.45) is 2.84. The van der Waals surface area contributed by atoms with Gasteiger partial charge in [-0.1, -0.05) is 72.3 Å². The topological polar surface area (TPSA) is 72.5 Å². The molecule has 5 nitrogen and oxygen atoms in total. The highest BCUT2D eigenvalue weighted by Crippen LogP contribution is 2.23. The summed E-state index contributed by atoms with van der Waals surface area (Å²) in [6.45, 7) is -0.487. The fourth-order valence-electron chi connectivity index (χ4n) is 2.66. The standard InChI is InChI=1S/C24H18ClNO4/c25-19-12-13-21(20(15-19)24(29)18-9-5-2-6-10-18)26-22(27)16-30-23(28)14-11-17-7-3-1-4-8-17/h1-15H,16H2,(H,26,27)/b14-11+. The second kappa shape index (κ2) is 10.2. The molecule has 1 N–H and O–H groups in total. The Morgan fingerprint density at radius 1 is 0.900 bits per heavy atom. The Kier molecular flexibility index (Phi) is 7.14. The number of benzene rings is 3. The zero-order valence-electron chi connectivity index (χ0n) is 15.9. The van der Waals surface area contributed by atoms with Crippen LogP contribution in [-0.4, -0.2) is 24.3 Å². The summed E-state index contributed by atoms with van der Waals surface area (Å²) in [5.41, 5.74) is 1.84. The molecule has 0 bridgehead atoms. The van der Waals surface area contributed by atoms with E-state index in [9.17, 15) is 14.4 Å². The zero-order valence-corrected chi connectivity index (χ0v) is 16.6. The molecule has 3 aromatic carbocycles. The molecule has 0 aromatic heterocycles. The van der Waals surface area contributed by atoms with Crippen LogP contribution in [0.5, 0.6) is 0 Å². The third kappa shape index (κ3) is 5.90. The molecule has 0 aliphatic carbocycles. The number of nitrogens with one attached hydrogen (secondary N) is 1. The lowest BCUT2D eigenvalue weighted by Gasteiger charge is -2.11. The fraction of sp³-hybridized carbons (Fsp3) is 0.0417. The monoisotopic (exact) mass is 419 g/mol. The number of carbonyl (C=O) groups is 3. The van der Waals surface area contributed by atoms with E-state index in [0.29, 0.717) is 10.6 Å². The van der Waals surface area contributed by atoms with Gasteiger partial charge in [-0.2, -0.15) is 0 Å². The minimum absolute atomic E-state index is 0.248. The predicted molar refractivity (Wildman–Crippen MR) is 116 cm³/mol. The molecule has 3 aromatic rings. The Morgan fingerprint density at radius 3 is 2.27 bits per heavy atom. The maximum absolute atomic E-state index is 12.8. The van der Waals surface area contributed by atoms with E-state index in [-0.39, 0.29) is 17.0 Å². The van der Waals surface area contributed by atoms with Crippen LogP contribution < -0.4 is 5.32 Å². The van der Waals surface area contributed by atoms with E-state index < -0.39 is 18.5 Å². The number of rotatable bonds is 7. The van der Waals surface area contributed by atoms with Crippen LogP contribution in [0.15, 0.2) is 84.9 Å². The first-order valence-electron chi connectivity index (χ1n) is 9.12. The Bertz CT molecular complexity index is 1080. The van der Waals surface area contributed by atoms with Crippen molar-refractivity contribution in [2.75, 3.05) is 11.9 Å². The van der Waals surface area contributed by atoms with Gasteiger partial charge in [-0.25, -0.2) is 4.79 Å². The quantitative estimate of drug-likeness (QED) is 0.340. The van der Waals surface area contributed by atoms with Crippen LogP contribution >= 0.6 is 11.6 Å². The van der Waals surface area contributed by atoms with Crippen molar-refractivity contribution in [1.29, 1.82) is 0 Å². The lowest BCUT2D eigenvalue weighted by Crippen LogP contribution is -2.21. The van der Waals surface area contributed by atoms with Gasteiger partial charge in [0.15, 0.2) is 12.4 Å². The molecule has 3 rings (SSSR count). The van der Waals surface area contributed by atoms with Crippen molar-refractivity contribution in [3.8, 4) is 0 Å². The third-order valence-corrected chi connectivity index (χ3v) is 4.33. The van der Waals surface area contributed by atoms with Gasteiger partial charge in [-0.3, -0.25) is 9.59 Å². The summed E-state index contributed by atoms with van der Waals surface area (Å²) in [6, 6.07) is 22.5. The highest BCUT2D eigenvalue weighted by atomic mass is 35.5. The van der Waals surface area contributed by atoms with E-state index in [1.165, 1.54) is 18.2 Å². The van der Waals surface area contributed by atoms with Crippen molar-refractivity contribution in [1.82, 2.24) is 0 Å². The summed E-state index contributed by atoms with van der Waals surface area (Å²) in [4.78, 5) is 36.8. The molecule has 0 aliphatic heterocycles. The molecule has 150 valence electrons. The SMILES string of the molecule is O=C(COC(=O)/C=C/c1ccccc1)Nc1ccc(Cl)cc1C(=O)c1ccccc1. The first-order valence-corrected chi connectivity index (χ1v) is 9.50. The Balaban J connectivity index is 1.63. The molecule has 0 radical (unpaired) electrons. The van der Waals surface area contributed by atoms with Crippen molar-refractivity contribution >= 4 is 41.0 Å². The Labute approximate surface area is 178 Å². The summed E-state index contributed by atoms with van der Waals surface area (Å²) in [7, 11) is 0.